The average molecular weight is 278 g/mol. The van der Waals surface area contributed by atoms with Gasteiger partial charge in [0, 0.05) is 12.2 Å². The summed E-state index contributed by atoms with van der Waals surface area (Å²) < 4.78 is 26.5. The summed E-state index contributed by atoms with van der Waals surface area (Å²) >= 11 is 0. The van der Waals surface area contributed by atoms with Crippen LogP contribution in [0.15, 0.2) is 35.5 Å². The lowest BCUT2D eigenvalue weighted by Gasteiger charge is -2.30. The summed E-state index contributed by atoms with van der Waals surface area (Å²) in [6.07, 6.45) is 3.06. The van der Waals surface area contributed by atoms with Gasteiger partial charge in [0.1, 0.15) is 0 Å². The van der Waals surface area contributed by atoms with Gasteiger partial charge >= 0.3 is 0 Å². The lowest BCUT2D eigenvalue weighted by Crippen LogP contribution is -2.35. The number of aryl methyl sites for hydroxylation is 1. The molecule has 0 fully saturated rings. The van der Waals surface area contributed by atoms with Crippen molar-refractivity contribution in [1.82, 2.24) is 10.2 Å². The molecule has 6 nitrogen and oxygen atoms in total. The molecule has 1 aromatic carbocycles. The van der Waals surface area contributed by atoms with Crippen molar-refractivity contribution in [3.63, 3.8) is 0 Å². The van der Waals surface area contributed by atoms with Crippen molar-refractivity contribution in [1.29, 1.82) is 0 Å². The minimum atomic E-state index is -3.57. The van der Waals surface area contributed by atoms with Crippen LogP contribution in [0.5, 0.6) is 0 Å². The number of sulfonamides is 1. The molecule has 2 aromatic rings. The monoisotopic (exact) mass is 278 g/mol. The van der Waals surface area contributed by atoms with E-state index in [0.717, 1.165) is 18.4 Å². The zero-order valence-corrected chi connectivity index (χ0v) is 11.0. The second-order valence-corrected chi connectivity index (χ2v) is 6.32. The number of nitrogen functional groups attached to an aromatic ring is 1. The highest BCUT2D eigenvalue weighted by Crippen LogP contribution is 2.32. The first-order chi connectivity index (χ1) is 9.09. The van der Waals surface area contributed by atoms with Crippen LogP contribution in [-0.4, -0.2) is 25.2 Å². The van der Waals surface area contributed by atoms with Crippen LogP contribution >= 0.6 is 0 Å². The van der Waals surface area contributed by atoms with Crippen LogP contribution in [0, 0.1) is 0 Å². The number of nitrogens with one attached hydrogen (secondary N) is 1. The maximum atomic E-state index is 12.5. The van der Waals surface area contributed by atoms with Crippen molar-refractivity contribution in [2.24, 2.45) is 0 Å². The molecule has 3 rings (SSSR count). The van der Waals surface area contributed by atoms with Crippen molar-refractivity contribution in [2.75, 3.05) is 16.6 Å². The molecule has 7 heteroatoms. The number of hydrogen-bond donors (Lipinski definition) is 2. The van der Waals surface area contributed by atoms with Crippen LogP contribution in [0.25, 0.3) is 0 Å². The maximum Gasteiger partial charge on any atom is 0.281 e. The molecule has 0 unspecified atom stereocenters. The zero-order valence-electron chi connectivity index (χ0n) is 10.2. The number of hydrogen-bond acceptors (Lipinski definition) is 4. The second-order valence-electron chi connectivity index (χ2n) is 4.49. The van der Waals surface area contributed by atoms with Crippen LogP contribution in [0.2, 0.25) is 0 Å². The van der Waals surface area contributed by atoms with E-state index in [-0.39, 0.29) is 5.03 Å². The molecular formula is C12H14N4O2S. The molecule has 0 aliphatic carbocycles. The van der Waals surface area contributed by atoms with E-state index in [0.29, 0.717) is 17.9 Å². The third-order valence-electron chi connectivity index (χ3n) is 3.22. The second kappa shape index (κ2) is 4.27. The highest BCUT2D eigenvalue weighted by Gasteiger charge is 2.29. The van der Waals surface area contributed by atoms with Gasteiger partial charge in [0.05, 0.1) is 11.9 Å². The lowest BCUT2D eigenvalue weighted by molar-refractivity contribution is 0.582. The first-order valence-electron chi connectivity index (χ1n) is 5.99. The molecule has 1 aromatic heterocycles. The highest BCUT2D eigenvalue weighted by molar-refractivity contribution is 7.92. The summed E-state index contributed by atoms with van der Waals surface area (Å²) in [4.78, 5) is 0. The summed E-state index contributed by atoms with van der Waals surface area (Å²) in [6, 6.07) is 6.78. The minimum absolute atomic E-state index is 0.108. The van der Waals surface area contributed by atoms with Gasteiger partial charge in [-0.1, -0.05) is 0 Å². The molecule has 0 atom stereocenters. The van der Waals surface area contributed by atoms with Crippen LogP contribution in [-0.2, 0) is 16.4 Å². The first-order valence-corrected chi connectivity index (χ1v) is 7.43. The summed E-state index contributed by atoms with van der Waals surface area (Å²) in [5, 5.41) is 6.32. The van der Waals surface area contributed by atoms with Crippen LogP contribution < -0.4 is 10.0 Å². The molecule has 0 bridgehead atoms. The number of aromatic amines is 1. The molecule has 0 saturated carbocycles. The van der Waals surface area contributed by atoms with Gasteiger partial charge in [0.2, 0.25) is 0 Å². The van der Waals surface area contributed by atoms with Crippen molar-refractivity contribution < 1.29 is 8.42 Å². The van der Waals surface area contributed by atoms with Crippen molar-refractivity contribution >= 4 is 21.4 Å². The third kappa shape index (κ3) is 1.95. The maximum absolute atomic E-state index is 12.5. The summed E-state index contributed by atoms with van der Waals surface area (Å²) in [7, 11) is -3.57. The molecule has 0 radical (unpaired) electrons. The van der Waals surface area contributed by atoms with Gasteiger partial charge in [-0.3, -0.25) is 9.40 Å². The molecular weight excluding hydrogens is 264 g/mol. The molecule has 3 N–H and O–H groups in total. The van der Waals surface area contributed by atoms with E-state index < -0.39 is 10.0 Å². The van der Waals surface area contributed by atoms with Gasteiger partial charge in [-0.15, -0.1) is 0 Å². The predicted octanol–water partition coefficient (Wildman–Crippen LogP) is 1.13. The number of benzene rings is 1. The van der Waals surface area contributed by atoms with Gasteiger partial charge < -0.3 is 5.73 Å². The van der Waals surface area contributed by atoms with E-state index >= 15 is 0 Å². The summed E-state index contributed by atoms with van der Waals surface area (Å²) in [6.45, 7) is 0.471. The Hall–Kier alpha value is -2.02. The Kier molecular flexibility index (Phi) is 2.70. The highest BCUT2D eigenvalue weighted by atomic mass is 32.2. The molecule has 0 spiro atoms. The fourth-order valence-corrected chi connectivity index (χ4v) is 3.78. The minimum Gasteiger partial charge on any atom is -0.399 e. The van der Waals surface area contributed by atoms with Crippen molar-refractivity contribution in [3.8, 4) is 0 Å². The van der Waals surface area contributed by atoms with E-state index in [2.05, 4.69) is 10.2 Å². The summed E-state index contributed by atoms with van der Waals surface area (Å²) in [5.74, 6) is 0. The standard InChI is InChI=1S/C12H14N4O2S/c13-10-3-4-11-9(8-10)2-1-7-16(11)19(17,18)12-5-6-14-15-12/h3-6,8H,1-2,7,13H2,(H,14,15). The number of fused-ring (bicyclic) bond motifs is 1. The van der Waals surface area contributed by atoms with E-state index in [4.69, 9.17) is 5.73 Å². The van der Waals surface area contributed by atoms with E-state index in [1.54, 1.807) is 12.1 Å². The first kappa shape index (κ1) is 12.0. The van der Waals surface area contributed by atoms with Crippen molar-refractivity contribution in [3.05, 3.63) is 36.0 Å². The number of rotatable bonds is 2. The van der Waals surface area contributed by atoms with Gasteiger partial charge in [-0.25, -0.2) is 0 Å². The van der Waals surface area contributed by atoms with E-state index in [1.165, 1.54) is 16.6 Å². The lowest BCUT2D eigenvalue weighted by atomic mass is 10.0. The Morgan fingerprint density at radius 2 is 2.16 bits per heavy atom. The predicted molar refractivity (Wildman–Crippen MR) is 72.3 cm³/mol. The van der Waals surface area contributed by atoms with E-state index in [9.17, 15) is 8.42 Å². The Balaban J connectivity index is 2.10. The zero-order chi connectivity index (χ0) is 13.5. The molecule has 100 valence electrons. The summed E-state index contributed by atoms with van der Waals surface area (Å²) in [5.41, 5.74) is 8.07. The number of H-pyrrole nitrogens is 1. The molecule has 2 heterocycles. The third-order valence-corrected chi connectivity index (χ3v) is 4.97. The molecule has 19 heavy (non-hydrogen) atoms. The topological polar surface area (TPSA) is 92.1 Å². The normalized spacial score (nSPS) is 15.3. The smallest absolute Gasteiger partial charge is 0.281 e. The van der Waals surface area contributed by atoms with Gasteiger partial charge in [-0.2, -0.15) is 13.5 Å². The van der Waals surface area contributed by atoms with Crippen LogP contribution in [0.4, 0.5) is 11.4 Å². The molecule has 1 aliphatic rings. The fourth-order valence-electron chi connectivity index (χ4n) is 2.34. The fraction of sp³-hybridized carbons (Fsp3) is 0.250. The Morgan fingerprint density at radius 3 is 2.89 bits per heavy atom. The number of nitrogens with two attached hydrogens (primary N) is 1. The molecule has 1 aliphatic heterocycles. The Labute approximate surface area is 111 Å². The van der Waals surface area contributed by atoms with Gasteiger partial charge in [0.25, 0.3) is 10.0 Å². The largest absolute Gasteiger partial charge is 0.399 e. The average Bonchev–Trinajstić information content (AvgIpc) is 2.92. The Bertz CT molecular complexity index is 695. The quantitative estimate of drug-likeness (QED) is 0.805. The number of anilines is 2. The van der Waals surface area contributed by atoms with Crippen LogP contribution in [0.3, 0.4) is 0 Å². The Morgan fingerprint density at radius 1 is 1.32 bits per heavy atom. The van der Waals surface area contributed by atoms with Gasteiger partial charge in [-0.05, 0) is 42.7 Å². The SMILES string of the molecule is Nc1ccc2c(c1)CCCN2S(=O)(=O)c1ccn[nH]1. The number of nitrogens with zero attached hydrogens (tertiary/aromatic N) is 2. The molecule has 0 saturated heterocycles. The van der Waals surface area contributed by atoms with Crippen LogP contribution in [0.1, 0.15) is 12.0 Å². The number of aromatic nitrogens is 2. The van der Waals surface area contributed by atoms with E-state index in [1.807, 2.05) is 6.07 Å². The van der Waals surface area contributed by atoms with Crippen molar-refractivity contribution in [2.45, 2.75) is 17.9 Å². The van der Waals surface area contributed by atoms with Gasteiger partial charge in [0.15, 0.2) is 5.03 Å². The molecule has 0 amide bonds.